The van der Waals surface area contributed by atoms with Crippen molar-refractivity contribution in [1.29, 1.82) is 0 Å². The van der Waals surface area contributed by atoms with Crippen molar-refractivity contribution >= 4 is 0 Å². The molecule has 2 heteroatoms. The molecular weight excluding hydrogens is 284 g/mol. The largest absolute Gasteiger partial charge is 0.356 e. The minimum absolute atomic E-state index is 0.128. The fourth-order valence-electron chi connectivity index (χ4n) is 3.87. The molecular formula is C21H36O2. The summed E-state index contributed by atoms with van der Waals surface area (Å²) in [7, 11) is 3.49. The van der Waals surface area contributed by atoms with E-state index in [0.29, 0.717) is 11.8 Å². The molecule has 1 rings (SSSR count). The van der Waals surface area contributed by atoms with Crippen LogP contribution in [0.5, 0.6) is 0 Å². The third kappa shape index (κ3) is 5.32. The smallest absolute Gasteiger partial charge is 0.160 e. The number of hydrogen-bond donors (Lipinski definition) is 0. The molecule has 2 nitrogen and oxygen atoms in total. The second kappa shape index (κ2) is 8.30. The molecule has 0 aliphatic carbocycles. The van der Waals surface area contributed by atoms with Gasteiger partial charge in [-0.1, -0.05) is 71.9 Å². The minimum Gasteiger partial charge on any atom is -0.356 e. The Kier molecular flexibility index (Phi) is 7.29. The molecule has 0 amide bonds. The minimum atomic E-state index is -0.164. The highest BCUT2D eigenvalue weighted by atomic mass is 16.7. The van der Waals surface area contributed by atoms with Gasteiger partial charge in [-0.3, -0.25) is 0 Å². The number of ether oxygens (including phenoxy) is 2. The van der Waals surface area contributed by atoms with E-state index in [1.165, 1.54) is 5.56 Å². The quantitative estimate of drug-likeness (QED) is 0.557. The molecule has 0 saturated heterocycles. The van der Waals surface area contributed by atoms with Gasteiger partial charge in [-0.2, -0.15) is 0 Å². The molecule has 1 aromatic rings. The van der Waals surface area contributed by atoms with Gasteiger partial charge in [-0.25, -0.2) is 0 Å². The Bertz CT molecular complexity index is 441. The SMILES string of the molecule is CCC(c1ccccc1)C(C)(C)CC(C(OC)OC)C(C)(C)C. The van der Waals surface area contributed by atoms with Crippen LogP contribution in [0.2, 0.25) is 0 Å². The summed E-state index contributed by atoms with van der Waals surface area (Å²) in [5.74, 6) is 0.869. The number of benzene rings is 1. The first kappa shape index (κ1) is 20.2. The first-order valence-electron chi connectivity index (χ1n) is 8.78. The van der Waals surface area contributed by atoms with Gasteiger partial charge in [0.05, 0.1) is 0 Å². The Morgan fingerprint density at radius 2 is 1.43 bits per heavy atom. The fraction of sp³-hybridized carbons (Fsp3) is 0.714. The lowest BCUT2D eigenvalue weighted by Crippen LogP contribution is -2.39. The molecule has 0 aliphatic rings. The maximum atomic E-state index is 5.63. The Morgan fingerprint density at radius 3 is 1.83 bits per heavy atom. The summed E-state index contributed by atoms with van der Waals surface area (Å²) in [6, 6.07) is 10.9. The zero-order chi connectivity index (χ0) is 17.7. The molecule has 0 radical (unpaired) electrons. The molecule has 1 aromatic carbocycles. The third-order valence-corrected chi connectivity index (χ3v) is 5.21. The van der Waals surface area contributed by atoms with E-state index in [4.69, 9.17) is 9.47 Å². The highest BCUT2D eigenvalue weighted by molar-refractivity contribution is 5.21. The van der Waals surface area contributed by atoms with Crippen LogP contribution in [0, 0.1) is 16.7 Å². The van der Waals surface area contributed by atoms with Crippen molar-refractivity contribution in [1.82, 2.24) is 0 Å². The molecule has 0 aliphatic heterocycles. The van der Waals surface area contributed by atoms with Gasteiger partial charge in [0.15, 0.2) is 6.29 Å². The average molecular weight is 321 g/mol. The van der Waals surface area contributed by atoms with E-state index in [2.05, 4.69) is 71.9 Å². The molecule has 0 spiro atoms. The van der Waals surface area contributed by atoms with Gasteiger partial charge in [-0.05, 0) is 35.2 Å². The standard InChI is InChI=1S/C21H36O2/c1-9-17(16-13-11-10-12-14-16)21(5,6)15-18(20(2,3)4)19(22-7)23-8/h10-14,17-19H,9,15H2,1-8H3. The van der Waals surface area contributed by atoms with Crippen LogP contribution >= 0.6 is 0 Å². The second-order valence-corrected chi connectivity index (χ2v) is 8.38. The summed E-state index contributed by atoms with van der Waals surface area (Å²) in [6.07, 6.45) is 2.04. The molecule has 132 valence electrons. The molecule has 0 fully saturated rings. The van der Waals surface area contributed by atoms with E-state index in [-0.39, 0.29) is 17.1 Å². The second-order valence-electron chi connectivity index (χ2n) is 8.38. The predicted octanol–water partition coefficient (Wildman–Crippen LogP) is 5.88. The van der Waals surface area contributed by atoms with E-state index < -0.39 is 0 Å². The van der Waals surface area contributed by atoms with Crippen LogP contribution in [-0.2, 0) is 9.47 Å². The van der Waals surface area contributed by atoms with Crippen molar-refractivity contribution < 1.29 is 9.47 Å². The number of hydrogen-bond acceptors (Lipinski definition) is 2. The Morgan fingerprint density at radius 1 is 0.913 bits per heavy atom. The average Bonchev–Trinajstić information content (AvgIpc) is 2.48. The Balaban J connectivity index is 3.08. The molecule has 0 saturated carbocycles. The third-order valence-electron chi connectivity index (χ3n) is 5.21. The molecule has 2 atom stereocenters. The molecule has 23 heavy (non-hydrogen) atoms. The van der Waals surface area contributed by atoms with Crippen LogP contribution in [0.4, 0.5) is 0 Å². The zero-order valence-corrected chi connectivity index (χ0v) is 16.3. The summed E-state index contributed by atoms with van der Waals surface area (Å²) in [5, 5.41) is 0. The Labute approximate surface area is 143 Å². The molecule has 0 bridgehead atoms. The first-order valence-corrected chi connectivity index (χ1v) is 8.78. The summed E-state index contributed by atoms with van der Waals surface area (Å²) in [5.41, 5.74) is 1.73. The fourth-order valence-corrected chi connectivity index (χ4v) is 3.87. The highest BCUT2D eigenvalue weighted by Gasteiger charge is 2.40. The number of methoxy groups -OCH3 is 2. The van der Waals surface area contributed by atoms with Gasteiger partial charge in [0.1, 0.15) is 0 Å². The van der Waals surface area contributed by atoms with Gasteiger partial charge >= 0.3 is 0 Å². The predicted molar refractivity (Wildman–Crippen MR) is 98.6 cm³/mol. The zero-order valence-electron chi connectivity index (χ0n) is 16.3. The van der Waals surface area contributed by atoms with E-state index >= 15 is 0 Å². The van der Waals surface area contributed by atoms with Gasteiger partial charge < -0.3 is 9.47 Å². The topological polar surface area (TPSA) is 18.5 Å². The monoisotopic (exact) mass is 320 g/mol. The van der Waals surface area contributed by atoms with Gasteiger partial charge in [0.25, 0.3) is 0 Å². The van der Waals surface area contributed by atoms with Crippen molar-refractivity contribution in [2.24, 2.45) is 16.7 Å². The highest BCUT2D eigenvalue weighted by Crippen LogP contribution is 2.47. The maximum absolute atomic E-state index is 5.63. The summed E-state index contributed by atoms with van der Waals surface area (Å²) in [4.78, 5) is 0. The van der Waals surface area contributed by atoms with Crippen LogP contribution < -0.4 is 0 Å². The number of rotatable bonds is 8. The van der Waals surface area contributed by atoms with Crippen molar-refractivity contribution in [3.8, 4) is 0 Å². The van der Waals surface area contributed by atoms with E-state index in [0.717, 1.165) is 12.8 Å². The molecule has 0 aromatic heterocycles. The maximum Gasteiger partial charge on any atom is 0.160 e. The van der Waals surface area contributed by atoms with E-state index in [9.17, 15) is 0 Å². The van der Waals surface area contributed by atoms with Crippen LogP contribution in [0.25, 0.3) is 0 Å². The van der Waals surface area contributed by atoms with Crippen molar-refractivity contribution in [3.63, 3.8) is 0 Å². The summed E-state index contributed by atoms with van der Waals surface area (Å²) >= 11 is 0. The summed E-state index contributed by atoms with van der Waals surface area (Å²) in [6.45, 7) is 13.9. The van der Waals surface area contributed by atoms with E-state index in [1.807, 2.05) is 0 Å². The van der Waals surface area contributed by atoms with Crippen LogP contribution in [0.15, 0.2) is 30.3 Å². The molecule has 0 N–H and O–H groups in total. The lowest BCUT2D eigenvalue weighted by molar-refractivity contribution is -0.169. The van der Waals surface area contributed by atoms with Gasteiger partial charge in [-0.15, -0.1) is 0 Å². The summed E-state index contributed by atoms with van der Waals surface area (Å²) < 4.78 is 11.3. The van der Waals surface area contributed by atoms with Gasteiger partial charge in [0, 0.05) is 20.1 Å². The van der Waals surface area contributed by atoms with Crippen LogP contribution in [-0.4, -0.2) is 20.5 Å². The first-order chi connectivity index (χ1) is 10.7. The Hall–Kier alpha value is -0.860. The van der Waals surface area contributed by atoms with Crippen LogP contribution in [0.3, 0.4) is 0 Å². The lowest BCUT2D eigenvalue weighted by Gasteiger charge is -2.43. The van der Waals surface area contributed by atoms with Gasteiger partial charge in [0.2, 0.25) is 0 Å². The van der Waals surface area contributed by atoms with Crippen molar-refractivity contribution in [2.45, 2.75) is 66.6 Å². The van der Waals surface area contributed by atoms with Crippen LogP contribution in [0.1, 0.15) is 65.9 Å². The van der Waals surface area contributed by atoms with Crippen molar-refractivity contribution in [2.75, 3.05) is 14.2 Å². The van der Waals surface area contributed by atoms with E-state index in [1.54, 1.807) is 14.2 Å². The lowest BCUT2D eigenvalue weighted by atomic mass is 9.64. The molecule has 2 unspecified atom stereocenters. The van der Waals surface area contributed by atoms with Crippen molar-refractivity contribution in [3.05, 3.63) is 35.9 Å². The molecule has 0 heterocycles. The normalized spacial score (nSPS) is 15.7.